The first kappa shape index (κ1) is 19.9. The Morgan fingerprint density at radius 1 is 1.31 bits per heavy atom. The number of fused-ring (bicyclic) bond motifs is 2. The summed E-state index contributed by atoms with van der Waals surface area (Å²) in [7, 11) is 0. The van der Waals surface area contributed by atoms with E-state index in [0.717, 1.165) is 12.8 Å². The molecule has 0 saturated heterocycles. The zero-order chi connectivity index (χ0) is 21.1. The number of primary amides is 1. The molecule has 1 aromatic heterocycles. The Kier molecular flexibility index (Phi) is 4.49. The molecule has 2 aromatic rings. The van der Waals surface area contributed by atoms with E-state index in [1.54, 1.807) is 0 Å². The van der Waals surface area contributed by atoms with Crippen LogP contribution in [0.5, 0.6) is 0 Å². The van der Waals surface area contributed by atoms with E-state index in [1.807, 2.05) is 30.4 Å². The summed E-state index contributed by atoms with van der Waals surface area (Å²) in [6, 6.07) is 4.22. The molecular weight excluding hydrogens is 395 g/mol. The summed E-state index contributed by atoms with van der Waals surface area (Å²) < 4.78 is 15.5. The van der Waals surface area contributed by atoms with E-state index in [-0.39, 0.29) is 34.0 Å². The van der Waals surface area contributed by atoms with Crippen LogP contribution in [0.25, 0.3) is 11.3 Å². The first-order chi connectivity index (χ1) is 13.5. The molecule has 6 nitrogen and oxygen atoms in total. The van der Waals surface area contributed by atoms with Crippen LogP contribution in [0.4, 0.5) is 4.39 Å². The second kappa shape index (κ2) is 6.55. The standard InChI is InChI=1S/C21H24ClFN4O2/c1-20(2,3)9-16(28)26-10-15-17(19(24)29)18(12-4-5-14(23)13(22)8-12)25-27(15)21(11-26)6-7-21/h4-5,8H,6-7,9-11H2,1-3H3,(H2,24,29). The molecule has 1 fully saturated rings. The molecule has 0 atom stereocenters. The highest BCUT2D eigenvalue weighted by Gasteiger charge is 2.52. The van der Waals surface area contributed by atoms with Gasteiger partial charge < -0.3 is 10.6 Å². The SMILES string of the molecule is CC(C)(C)CC(=O)N1Cc2c(C(N)=O)c(-c3ccc(F)c(Cl)c3)nn2C2(CC2)C1. The van der Waals surface area contributed by atoms with Crippen molar-refractivity contribution in [1.82, 2.24) is 14.7 Å². The fraction of sp³-hybridized carbons (Fsp3) is 0.476. The van der Waals surface area contributed by atoms with Crippen molar-refractivity contribution in [1.29, 1.82) is 0 Å². The van der Waals surface area contributed by atoms with Crippen LogP contribution >= 0.6 is 11.6 Å². The van der Waals surface area contributed by atoms with Crippen LogP contribution in [0, 0.1) is 11.2 Å². The van der Waals surface area contributed by atoms with Crippen LogP contribution < -0.4 is 5.73 Å². The monoisotopic (exact) mass is 418 g/mol. The molecule has 2 heterocycles. The summed E-state index contributed by atoms with van der Waals surface area (Å²) in [6.45, 7) is 6.92. The molecule has 29 heavy (non-hydrogen) atoms. The molecule has 2 N–H and O–H groups in total. The maximum atomic E-state index is 13.6. The molecular formula is C21H24ClFN4O2. The molecule has 2 amide bonds. The fourth-order valence-electron chi connectivity index (χ4n) is 4.01. The second-order valence-corrected chi connectivity index (χ2v) is 9.69. The van der Waals surface area contributed by atoms with E-state index < -0.39 is 11.7 Å². The van der Waals surface area contributed by atoms with Crippen molar-refractivity contribution in [3.63, 3.8) is 0 Å². The number of hydrogen-bond donors (Lipinski definition) is 1. The summed E-state index contributed by atoms with van der Waals surface area (Å²) in [5.41, 5.74) is 7.10. The number of rotatable bonds is 3. The van der Waals surface area contributed by atoms with Gasteiger partial charge in [-0.1, -0.05) is 32.4 Å². The summed E-state index contributed by atoms with van der Waals surface area (Å²) in [6.07, 6.45) is 2.18. The van der Waals surface area contributed by atoms with Crippen molar-refractivity contribution in [3.8, 4) is 11.3 Å². The molecule has 1 aliphatic heterocycles. The minimum absolute atomic E-state index is 0.0491. The molecule has 4 rings (SSSR count). The van der Waals surface area contributed by atoms with Gasteiger partial charge in [-0.05, 0) is 36.5 Å². The van der Waals surface area contributed by atoms with Crippen molar-refractivity contribution in [2.45, 2.75) is 52.1 Å². The molecule has 1 saturated carbocycles. The van der Waals surface area contributed by atoms with E-state index in [1.165, 1.54) is 18.2 Å². The second-order valence-electron chi connectivity index (χ2n) is 9.29. The predicted octanol–water partition coefficient (Wildman–Crippen LogP) is 3.71. The molecule has 1 aliphatic carbocycles. The van der Waals surface area contributed by atoms with Crippen molar-refractivity contribution >= 4 is 23.4 Å². The Hall–Kier alpha value is -2.41. The molecule has 1 spiro atoms. The number of aromatic nitrogens is 2. The summed E-state index contributed by atoms with van der Waals surface area (Å²) in [5.74, 6) is -1.11. The average molecular weight is 419 g/mol. The average Bonchev–Trinajstić information content (AvgIpc) is 3.24. The van der Waals surface area contributed by atoms with Gasteiger partial charge in [-0.25, -0.2) is 4.39 Å². The summed E-state index contributed by atoms with van der Waals surface area (Å²) in [5, 5.41) is 4.64. The number of amides is 2. The smallest absolute Gasteiger partial charge is 0.252 e. The third kappa shape index (κ3) is 3.52. The number of carbonyl (C=O) groups is 2. The van der Waals surface area contributed by atoms with Crippen LogP contribution in [0.3, 0.4) is 0 Å². The van der Waals surface area contributed by atoms with Gasteiger partial charge in [-0.2, -0.15) is 5.10 Å². The van der Waals surface area contributed by atoms with Gasteiger partial charge in [0.1, 0.15) is 11.5 Å². The lowest BCUT2D eigenvalue weighted by Crippen LogP contribution is -2.46. The van der Waals surface area contributed by atoms with Crippen LogP contribution in [-0.4, -0.2) is 33.0 Å². The molecule has 154 valence electrons. The van der Waals surface area contributed by atoms with E-state index in [4.69, 9.17) is 22.4 Å². The highest BCUT2D eigenvalue weighted by Crippen LogP contribution is 2.49. The van der Waals surface area contributed by atoms with Gasteiger partial charge in [-0.3, -0.25) is 14.3 Å². The zero-order valence-corrected chi connectivity index (χ0v) is 17.5. The number of hydrogen-bond acceptors (Lipinski definition) is 3. The Balaban J connectivity index is 1.80. The van der Waals surface area contributed by atoms with Crippen molar-refractivity contribution in [2.75, 3.05) is 6.54 Å². The highest BCUT2D eigenvalue weighted by molar-refractivity contribution is 6.31. The summed E-state index contributed by atoms with van der Waals surface area (Å²) in [4.78, 5) is 27.1. The van der Waals surface area contributed by atoms with Gasteiger partial charge >= 0.3 is 0 Å². The molecule has 1 aromatic carbocycles. The van der Waals surface area contributed by atoms with Crippen molar-refractivity contribution < 1.29 is 14.0 Å². The first-order valence-electron chi connectivity index (χ1n) is 9.66. The maximum absolute atomic E-state index is 13.6. The zero-order valence-electron chi connectivity index (χ0n) is 16.8. The Bertz CT molecular complexity index is 1020. The number of benzene rings is 1. The first-order valence-corrected chi connectivity index (χ1v) is 10.0. The number of nitrogens with zero attached hydrogens (tertiary/aromatic N) is 3. The van der Waals surface area contributed by atoms with Gasteiger partial charge in [0.15, 0.2) is 0 Å². The highest BCUT2D eigenvalue weighted by atomic mass is 35.5. The third-order valence-electron chi connectivity index (χ3n) is 5.56. The lowest BCUT2D eigenvalue weighted by Gasteiger charge is -2.36. The van der Waals surface area contributed by atoms with Crippen molar-refractivity contribution in [3.05, 3.63) is 40.3 Å². The quantitative estimate of drug-likeness (QED) is 0.824. The van der Waals surface area contributed by atoms with Crippen molar-refractivity contribution in [2.24, 2.45) is 11.1 Å². The summed E-state index contributed by atoms with van der Waals surface area (Å²) >= 11 is 5.94. The number of nitrogens with two attached hydrogens (primary N) is 1. The minimum atomic E-state index is -0.623. The van der Waals surface area contributed by atoms with Gasteiger partial charge in [-0.15, -0.1) is 0 Å². The van der Waals surface area contributed by atoms with E-state index in [9.17, 15) is 14.0 Å². The van der Waals surface area contributed by atoms with Crippen LogP contribution in [0.15, 0.2) is 18.2 Å². The van der Waals surface area contributed by atoms with Gasteiger partial charge in [0.25, 0.3) is 5.91 Å². The maximum Gasteiger partial charge on any atom is 0.252 e. The molecule has 2 aliphatic rings. The predicted molar refractivity (Wildman–Crippen MR) is 108 cm³/mol. The Morgan fingerprint density at radius 2 is 2.00 bits per heavy atom. The van der Waals surface area contributed by atoms with Gasteiger partial charge in [0, 0.05) is 18.5 Å². The van der Waals surface area contributed by atoms with Crippen LogP contribution in [0.2, 0.25) is 5.02 Å². The number of halogens is 2. The lowest BCUT2D eigenvalue weighted by molar-refractivity contribution is -0.135. The molecule has 0 bridgehead atoms. The molecule has 8 heteroatoms. The Labute approximate surface area is 173 Å². The van der Waals surface area contributed by atoms with Crippen LogP contribution in [-0.2, 0) is 16.9 Å². The van der Waals surface area contributed by atoms with Gasteiger partial charge in [0.05, 0.1) is 28.4 Å². The fourth-order valence-corrected chi connectivity index (χ4v) is 4.19. The Morgan fingerprint density at radius 3 is 2.55 bits per heavy atom. The van der Waals surface area contributed by atoms with Crippen LogP contribution in [0.1, 0.15) is 56.1 Å². The van der Waals surface area contributed by atoms with E-state index in [0.29, 0.717) is 29.9 Å². The lowest BCUT2D eigenvalue weighted by atomic mass is 9.91. The number of carbonyl (C=O) groups excluding carboxylic acids is 2. The van der Waals surface area contributed by atoms with Gasteiger partial charge in [0.2, 0.25) is 5.91 Å². The third-order valence-corrected chi connectivity index (χ3v) is 5.85. The minimum Gasteiger partial charge on any atom is -0.365 e. The van der Waals surface area contributed by atoms with E-state index >= 15 is 0 Å². The van der Waals surface area contributed by atoms with E-state index in [2.05, 4.69) is 0 Å². The normalized spacial score (nSPS) is 17.3. The molecule has 0 radical (unpaired) electrons. The topological polar surface area (TPSA) is 81.2 Å². The molecule has 0 unspecified atom stereocenters. The largest absolute Gasteiger partial charge is 0.365 e.